The van der Waals surface area contributed by atoms with Gasteiger partial charge in [-0.05, 0) is 24.1 Å². The SMILES string of the molecule is CC(C)CN(C)c1ccc(Cl)cc1C#N. The van der Waals surface area contributed by atoms with Gasteiger partial charge in [-0.1, -0.05) is 25.4 Å². The molecule has 0 amide bonds. The molecule has 1 rings (SSSR count). The summed E-state index contributed by atoms with van der Waals surface area (Å²) in [7, 11) is 1.99. The van der Waals surface area contributed by atoms with Crippen LogP contribution in [0.25, 0.3) is 0 Å². The molecule has 0 N–H and O–H groups in total. The molecule has 0 heterocycles. The summed E-state index contributed by atoms with van der Waals surface area (Å²) < 4.78 is 0. The Morgan fingerprint density at radius 2 is 2.13 bits per heavy atom. The first-order chi connectivity index (χ1) is 7.04. The van der Waals surface area contributed by atoms with Crippen LogP contribution in [0.3, 0.4) is 0 Å². The molecule has 0 bridgehead atoms. The Kier molecular flexibility index (Phi) is 3.99. The fourth-order valence-electron chi connectivity index (χ4n) is 1.58. The van der Waals surface area contributed by atoms with Crippen molar-refractivity contribution in [2.45, 2.75) is 13.8 Å². The average molecular weight is 223 g/mol. The van der Waals surface area contributed by atoms with E-state index in [9.17, 15) is 0 Å². The molecule has 1 aromatic rings. The number of hydrogen-bond donors (Lipinski definition) is 0. The van der Waals surface area contributed by atoms with E-state index in [0.29, 0.717) is 16.5 Å². The fourth-order valence-corrected chi connectivity index (χ4v) is 1.75. The number of halogens is 1. The van der Waals surface area contributed by atoms with Crippen LogP contribution in [-0.4, -0.2) is 13.6 Å². The second-order valence-electron chi connectivity index (χ2n) is 4.05. The number of hydrogen-bond acceptors (Lipinski definition) is 2. The molecule has 80 valence electrons. The zero-order valence-corrected chi connectivity index (χ0v) is 10.0. The molecular formula is C12H15ClN2. The lowest BCUT2D eigenvalue weighted by Crippen LogP contribution is -2.23. The van der Waals surface area contributed by atoms with Gasteiger partial charge in [-0.25, -0.2) is 0 Å². The molecular weight excluding hydrogens is 208 g/mol. The summed E-state index contributed by atoms with van der Waals surface area (Å²) in [6, 6.07) is 7.57. The fraction of sp³-hybridized carbons (Fsp3) is 0.417. The van der Waals surface area contributed by atoms with Gasteiger partial charge in [0.15, 0.2) is 0 Å². The van der Waals surface area contributed by atoms with E-state index in [1.165, 1.54) is 0 Å². The first-order valence-corrected chi connectivity index (χ1v) is 5.33. The molecule has 0 spiro atoms. The van der Waals surface area contributed by atoms with Crippen LogP contribution in [0.15, 0.2) is 18.2 Å². The van der Waals surface area contributed by atoms with Crippen LogP contribution in [0, 0.1) is 17.2 Å². The van der Waals surface area contributed by atoms with E-state index in [0.717, 1.165) is 12.2 Å². The lowest BCUT2D eigenvalue weighted by Gasteiger charge is -2.22. The third-order valence-corrected chi connectivity index (χ3v) is 2.36. The molecule has 0 aliphatic carbocycles. The Bertz CT molecular complexity index is 380. The third kappa shape index (κ3) is 3.14. The topological polar surface area (TPSA) is 27.0 Å². The lowest BCUT2D eigenvalue weighted by atomic mass is 10.1. The molecule has 15 heavy (non-hydrogen) atoms. The summed E-state index contributed by atoms with van der Waals surface area (Å²) >= 11 is 5.84. The van der Waals surface area contributed by atoms with Gasteiger partial charge in [-0.3, -0.25) is 0 Å². The summed E-state index contributed by atoms with van der Waals surface area (Å²) in [5, 5.41) is 9.60. The van der Waals surface area contributed by atoms with Gasteiger partial charge in [-0.2, -0.15) is 5.26 Å². The molecule has 0 fully saturated rings. The first kappa shape index (κ1) is 11.9. The van der Waals surface area contributed by atoms with Crippen LogP contribution >= 0.6 is 11.6 Å². The molecule has 0 aliphatic rings. The van der Waals surface area contributed by atoms with E-state index in [2.05, 4.69) is 24.8 Å². The zero-order chi connectivity index (χ0) is 11.4. The highest BCUT2D eigenvalue weighted by Gasteiger charge is 2.08. The highest BCUT2D eigenvalue weighted by Crippen LogP contribution is 2.23. The van der Waals surface area contributed by atoms with Gasteiger partial charge in [0.2, 0.25) is 0 Å². The van der Waals surface area contributed by atoms with E-state index in [1.807, 2.05) is 19.2 Å². The molecule has 0 unspecified atom stereocenters. The Morgan fingerprint density at radius 3 is 2.67 bits per heavy atom. The van der Waals surface area contributed by atoms with Crippen molar-refractivity contribution < 1.29 is 0 Å². The number of rotatable bonds is 3. The monoisotopic (exact) mass is 222 g/mol. The van der Waals surface area contributed by atoms with Gasteiger partial charge in [0, 0.05) is 18.6 Å². The normalized spacial score (nSPS) is 10.1. The van der Waals surface area contributed by atoms with Gasteiger partial charge >= 0.3 is 0 Å². The summed E-state index contributed by atoms with van der Waals surface area (Å²) in [5.41, 5.74) is 1.57. The Hall–Kier alpha value is -1.20. The molecule has 0 saturated heterocycles. The van der Waals surface area contributed by atoms with Gasteiger partial charge in [-0.15, -0.1) is 0 Å². The minimum Gasteiger partial charge on any atom is -0.373 e. The van der Waals surface area contributed by atoms with Gasteiger partial charge in [0.05, 0.1) is 11.3 Å². The van der Waals surface area contributed by atoms with E-state index >= 15 is 0 Å². The van der Waals surface area contributed by atoms with Crippen molar-refractivity contribution in [1.29, 1.82) is 5.26 Å². The number of nitrogens with zero attached hydrogens (tertiary/aromatic N) is 2. The molecule has 1 aromatic carbocycles. The minimum absolute atomic E-state index is 0.567. The number of anilines is 1. The van der Waals surface area contributed by atoms with E-state index < -0.39 is 0 Å². The molecule has 2 nitrogen and oxygen atoms in total. The Balaban J connectivity index is 2.99. The van der Waals surface area contributed by atoms with E-state index in [1.54, 1.807) is 6.07 Å². The van der Waals surface area contributed by atoms with Crippen molar-refractivity contribution in [3.8, 4) is 6.07 Å². The van der Waals surface area contributed by atoms with Crippen LogP contribution < -0.4 is 4.90 Å². The smallest absolute Gasteiger partial charge is 0.101 e. The molecule has 3 heteroatoms. The highest BCUT2D eigenvalue weighted by atomic mass is 35.5. The van der Waals surface area contributed by atoms with Crippen molar-refractivity contribution in [2.24, 2.45) is 5.92 Å². The summed E-state index contributed by atoms with van der Waals surface area (Å²) in [4.78, 5) is 2.08. The van der Waals surface area contributed by atoms with Crippen molar-refractivity contribution in [3.63, 3.8) is 0 Å². The molecule has 0 radical (unpaired) electrons. The van der Waals surface area contributed by atoms with Crippen molar-refractivity contribution in [3.05, 3.63) is 28.8 Å². The van der Waals surface area contributed by atoms with Crippen LogP contribution in [0.1, 0.15) is 19.4 Å². The van der Waals surface area contributed by atoms with Gasteiger partial charge in [0.25, 0.3) is 0 Å². The number of benzene rings is 1. The average Bonchev–Trinajstić information content (AvgIpc) is 2.16. The van der Waals surface area contributed by atoms with E-state index in [-0.39, 0.29) is 0 Å². The van der Waals surface area contributed by atoms with Crippen LogP contribution in [0.2, 0.25) is 5.02 Å². The van der Waals surface area contributed by atoms with Gasteiger partial charge < -0.3 is 4.90 Å². The van der Waals surface area contributed by atoms with E-state index in [4.69, 9.17) is 16.9 Å². The summed E-state index contributed by atoms with van der Waals surface area (Å²) in [5.74, 6) is 0.567. The maximum atomic E-state index is 8.99. The second-order valence-corrected chi connectivity index (χ2v) is 4.48. The minimum atomic E-state index is 0.567. The number of nitriles is 1. The maximum Gasteiger partial charge on any atom is 0.101 e. The summed E-state index contributed by atoms with van der Waals surface area (Å²) in [6.45, 7) is 5.23. The third-order valence-electron chi connectivity index (χ3n) is 2.13. The first-order valence-electron chi connectivity index (χ1n) is 4.95. The second kappa shape index (κ2) is 5.04. The predicted molar refractivity (Wildman–Crippen MR) is 64.3 cm³/mol. The van der Waals surface area contributed by atoms with Crippen molar-refractivity contribution in [2.75, 3.05) is 18.5 Å². The molecule has 0 atom stereocenters. The largest absolute Gasteiger partial charge is 0.373 e. The predicted octanol–water partition coefficient (Wildman–Crippen LogP) is 3.30. The molecule has 0 aromatic heterocycles. The standard InChI is InChI=1S/C12H15ClN2/c1-9(2)8-15(3)12-5-4-11(13)6-10(12)7-14/h4-6,9H,8H2,1-3H3. The Labute approximate surface area is 96.1 Å². The Morgan fingerprint density at radius 1 is 1.47 bits per heavy atom. The van der Waals surface area contributed by atoms with Crippen molar-refractivity contribution >= 4 is 17.3 Å². The molecule has 0 aliphatic heterocycles. The maximum absolute atomic E-state index is 8.99. The van der Waals surface area contributed by atoms with Gasteiger partial charge in [0.1, 0.15) is 6.07 Å². The van der Waals surface area contributed by atoms with Crippen LogP contribution in [0.5, 0.6) is 0 Å². The quantitative estimate of drug-likeness (QED) is 0.785. The molecule has 0 saturated carbocycles. The summed E-state index contributed by atoms with van der Waals surface area (Å²) in [6.07, 6.45) is 0. The van der Waals surface area contributed by atoms with Crippen molar-refractivity contribution in [1.82, 2.24) is 0 Å². The zero-order valence-electron chi connectivity index (χ0n) is 9.29. The van der Waals surface area contributed by atoms with Crippen LogP contribution in [0.4, 0.5) is 5.69 Å². The highest BCUT2D eigenvalue weighted by molar-refractivity contribution is 6.30. The van der Waals surface area contributed by atoms with Crippen LogP contribution in [-0.2, 0) is 0 Å². The lowest BCUT2D eigenvalue weighted by molar-refractivity contribution is 0.638.